The van der Waals surface area contributed by atoms with Gasteiger partial charge in [0.1, 0.15) is 10.8 Å². The van der Waals surface area contributed by atoms with Gasteiger partial charge in [0, 0.05) is 5.38 Å². The van der Waals surface area contributed by atoms with Crippen molar-refractivity contribution in [3.63, 3.8) is 0 Å². The first-order valence-electron chi connectivity index (χ1n) is 6.85. The maximum absolute atomic E-state index is 10.9. The van der Waals surface area contributed by atoms with Crippen LogP contribution in [0.4, 0.5) is 0 Å². The first kappa shape index (κ1) is 15.7. The molecule has 1 aromatic carbocycles. The fraction of sp³-hybridized carbons (Fsp3) is 0.200. The van der Waals surface area contributed by atoms with Gasteiger partial charge in [0.25, 0.3) is 0 Å². The van der Waals surface area contributed by atoms with Crippen LogP contribution in [0.2, 0.25) is 0 Å². The first-order valence-corrected chi connectivity index (χ1v) is 8.71. The molecule has 8 heteroatoms. The van der Waals surface area contributed by atoms with Crippen LogP contribution in [0.25, 0.3) is 5.69 Å². The zero-order chi connectivity index (χ0) is 16.4. The van der Waals surface area contributed by atoms with Crippen molar-refractivity contribution in [2.24, 2.45) is 0 Å². The van der Waals surface area contributed by atoms with Crippen LogP contribution in [0.3, 0.4) is 0 Å². The molecule has 23 heavy (non-hydrogen) atoms. The average Bonchev–Trinajstić information content (AvgIpc) is 3.13. The fourth-order valence-corrected chi connectivity index (χ4v) is 3.91. The van der Waals surface area contributed by atoms with Gasteiger partial charge in [-0.1, -0.05) is 30.0 Å². The van der Waals surface area contributed by atoms with E-state index in [1.54, 1.807) is 5.38 Å². The molecule has 0 saturated heterocycles. The van der Waals surface area contributed by atoms with Crippen molar-refractivity contribution in [3.8, 4) is 5.69 Å². The quantitative estimate of drug-likeness (QED) is 0.714. The fourth-order valence-electron chi connectivity index (χ4n) is 2.13. The lowest BCUT2D eigenvalue weighted by molar-refractivity contribution is 0.0691. The van der Waals surface area contributed by atoms with Crippen LogP contribution < -0.4 is 0 Å². The molecular weight excluding hydrogens is 332 g/mol. The molecule has 2 heterocycles. The Kier molecular flexibility index (Phi) is 4.44. The number of aromatic nitrogens is 4. The Bertz CT molecular complexity index is 857. The van der Waals surface area contributed by atoms with Gasteiger partial charge in [-0.3, -0.25) is 4.57 Å². The van der Waals surface area contributed by atoms with Gasteiger partial charge in [0.2, 0.25) is 0 Å². The highest BCUT2D eigenvalue weighted by molar-refractivity contribution is 7.98. The van der Waals surface area contributed by atoms with Gasteiger partial charge >= 0.3 is 5.97 Å². The number of carbonyl (C=O) groups is 1. The molecule has 0 atom stereocenters. The number of aryl methyl sites for hydroxylation is 2. The molecule has 0 saturated carbocycles. The monoisotopic (exact) mass is 346 g/mol. The summed E-state index contributed by atoms with van der Waals surface area (Å²) in [5.74, 6) is 0.366. The predicted octanol–water partition coefficient (Wildman–Crippen LogP) is 3.33. The highest BCUT2D eigenvalue weighted by Crippen LogP contribution is 2.27. The predicted molar refractivity (Wildman–Crippen MR) is 89.5 cm³/mol. The van der Waals surface area contributed by atoms with E-state index in [0.29, 0.717) is 5.75 Å². The van der Waals surface area contributed by atoms with Crippen LogP contribution in [-0.4, -0.2) is 30.8 Å². The first-order chi connectivity index (χ1) is 11.1. The van der Waals surface area contributed by atoms with Crippen LogP contribution >= 0.6 is 23.1 Å². The van der Waals surface area contributed by atoms with E-state index in [-0.39, 0.29) is 5.69 Å². The second kappa shape index (κ2) is 6.51. The molecule has 2 aromatic heterocycles. The van der Waals surface area contributed by atoms with Crippen LogP contribution in [0.5, 0.6) is 0 Å². The molecule has 0 aliphatic heterocycles. The Morgan fingerprint density at radius 2 is 2.09 bits per heavy atom. The van der Waals surface area contributed by atoms with Crippen molar-refractivity contribution in [2.75, 3.05) is 0 Å². The van der Waals surface area contributed by atoms with E-state index in [4.69, 9.17) is 5.11 Å². The van der Waals surface area contributed by atoms with Gasteiger partial charge in [-0.05, 0) is 25.5 Å². The van der Waals surface area contributed by atoms with Gasteiger partial charge in [0.05, 0.1) is 11.4 Å². The molecule has 6 nitrogen and oxygen atoms in total. The molecule has 0 fully saturated rings. The van der Waals surface area contributed by atoms with Crippen molar-refractivity contribution >= 4 is 29.1 Å². The molecule has 1 N–H and O–H groups in total. The van der Waals surface area contributed by atoms with E-state index in [0.717, 1.165) is 27.2 Å². The summed E-state index contributed by atoms with van der Waals surface area (Å²) >= 11 is 2.83. The molecule has 0 bridgehead atoms. The van der Waals surface area contributed by atoms with Crippen molar-refractivity contribution in [1.82, 2.24) is 19.7 Å². The topological polar surface area (TPSA) is 80.9 Å². The highest BCUT2D eigenvalue weighted by atomic mass is 32.2. The molecule has 3 aromatic rings. The summed E-state index contributed by atoms with van der Waals surface area (Å²) in [6.45, 7) is 3.96. The summed E-state index contributed by atoms with van der Waals surface area (Å²) in [5.41, 5.74) is 2.27. The summed E-state index contributed by atoms with van der Waals surface area (Å²) in [7, 11) is 0. The highest BCUT2D eigenvalue weighted by Gasteiger charge is 2.15. The van der Waals surface area contributed by atoms with Crippen LogP contribution in [0, 0.1) is 13.8 Å². The molecule has 3 rings (SSSR count). The van der Waals surface area contributed by atoms with Crippen LogP contribution in [-0.2, 0) is 5.75 Å². The number of benzene rings is 1. The number of thioether (sulfide) groups is 1. The van der Waals surface area contributed by atoms with Gasteiger partial charge in [-0.2, -0.15) is 0 Å². The number of carboxylic acids is 1. The number of para-hydroxylation sites is 1. The minimum absolute atomic E-state index is 0.0853. The second-order valence-electron chi connectivity index (χ2n) is 4.87. The summed E-state index contributed by atoms with van der Waals surface area (Å²) < 4.78 is 2.01. The Morgan fingerprint density at radius 3 is 2.78 bits per heavy atom. The Balaban J connectivity index is 1.84. The molecule has 0 unspecified atom stereocenters. The van der Waals surface area contributed by atoms with Crippen LogP contribution in [0.15, 0.2) is 34.8 Å². The third-order valence-corrected chi connectivity index (χ3v) is 5.22. The third-order valence-electron chi connectivity index (χ3n) is 3.25. The van der Waals surface area contributed by atoms with Crippen molar-refractivity contribution in [3.05, 3.63) is 51.7 Å². The Morgan fingerprint density at radius 1 is 1.30 bits per heavy atom. The lowest BCUT2D eigenvalue weighted by Crippen LogP contribution is -2.01. The van der Waals surface area contributed by atoms with Crippen molar-refractivity contribution in [2.45, 2.75) is 24.8 Å². The van der Waals surface area contributed by atoms with Gasteiger partial charge < -0.3 is 5.11 Å². The second-order valence-corrected chi connectivity index (χ2v) is 6.76. The number of thiazole rings is 1. The third kappa shape index (κ3) is 3.27. The normalized spacial score (nSPS) is 10.9. The summed E-state index contributed by atoms with van der Waals surface area (Å²) in [4.78, 5) is 15.0. The smallest absolute Gasteiger partial charge is 0.355 e. The number of hydrogen-bond acceptors (Lipinski definition) is 6. The summed E-state index contributed by atoms with van der Waals surface area (Å²) in [6.07, 6.45) is 0. The molecule has 0 radical (unpaired) electrons. The summed E-state index contributed by atoms with van der Waals surface area (Å²) in [6, 6.07) is 8.05. The minimum atomic E-state index is -1.00. The molecule has 0 spiro atoms. The van der Waals surface area contributed by atoms with E-state index in [1.807, 2.05) is 42.7 Å². The standard InChI is InChI=1S/C15H14N4O2S2/c1-9-5-3-4-6-12(9)19-10(2)17-18-15(19)23-8-13-16-11(7-22-13)14(20)21/h3-7H,8H2,1-2H3,(H,20,21). The number of rotatable bonds is 5. The summed E-state index contributed by atoms with van der Waals surface area (Å²) in [5, 5.41) is 20.4. The van der Waals surface area contributed by atoms with Gasteiger partial charge in [0.15, 0.2) is 10.9 Å². The lowest BCUT2D eigenvalue weighted by Gasteiger charge is -2.10. The molecule has 0 aliphatic carbocycles. The Hall–Kier alpha value is -2.19. The van der Waals surface area contributed by atoms with E-state index >= 15 is 0 Å². The number of hydrogen-bond donors (Lipinski definition) is 1. The van der Waals surface area contributed by atoms with E-state index in [2.05, 4.69) is 15.2 Å². The number of aromatic carboxylic acids is 1. The maximum atomic E-state index is 10.9. The molecular formula is C15H14N4O2S2. The zero-order valence-corrected chi connectivity index (χ0v) is 14.2. The maximum Gasteiger partial charge on any atom is 0.355 e. The zero-order valence-electron chi connectivity index (χ0n) is 12.6. The van der Waals surface area contributed by atoms with E-state index < -0.39 is 5.97 Å². The Labute approximate surface area is 141 Å². The average molecular weight is 346 g/mol. The van der Waals surface area contributed by atoms with E-state index in [9.17, 15) is 4.79 Å². The van der Waals surface area contributed by atoms with Crippen molar-refractivity contribution in [1.29, 1.82) is 0 Å². The van der Waals surface area contributed by atoms with E-state index in [1.165, 1.54) is 23.1 Å². The van der Waals surface area contributed by atoms with Crippen LogP contribution in [0.1, 0.15) is 26.9 Å². The minimum Gasteiger partial charge on any atom is -0.476 e. The lowest BCUT2D eigenvalue weighted by atomic mass is 10.2. The van der Waals surface area contributed by atoms with Gasteiger partial charge in [-0.25, -0.2) is 9.78 Å². The molecule has 118 valence electrons. The van der Waals surface area contributed by atoms with Gasteiger partial charge in [-0.15, -0.1) is 21.5 Å². The molecule has 0 amide bonds. The largest absolute Gasteiger partial charge is 0.476 e. The SMILES string of the molecule is Cc1ccccc1-n1c(C)nnc1SCc1nc(C(=O)O)cs1. The number of nitrogens with zero attached hydrogens (tertiary/aromatic N) is 4. The molecule has 0 aliphatic rings. The number of carboxylic acid groups (broad SMARTS) is 1. The van der Waals surface area contributed by atoms with Crippen molar-refractivity contribution < 1.29 is 9.90 Å².